The molecule has 0 fully saturated rings. The van der Waals surface area contributed by atoms with Crippen LogP contribution in [0.1, 0.15) is 0 Å². The number of hydrogen-bond donors (Lipinski definition) is 0. The van der Waals surface area contributed by atoms with Gasteiger partial charge in [0.25, 0.3) is 0 Å². The Labute approximate surface area is 166 Å². The monoisotopic (exact) mass is 428 g/mol. The Balaban J connectivity index is 2.19. The predicted molar refractivity (Wildman–Crippen MR) is 99.5 cm³/mol. The number of benzene rings is 1. The van der Waals surface area contributed by atoms with Crippen LogP contribution < -0.4 is 18.4 Å². The number of ether oxygens (including phenoxy) is 3. The van der Waals surface area contributed by atoms with Gasteiger partial charge in [-0.1, -0.05) is 0 Å². The summed E-state index contributed by atoms with van der Waals surface area (Å²) in [6, 6.07) is 7.68. The second-order valence-electron chi connectivity index (χ2n) is 5.56. The molecule has 0 saturated heterocycles. The first-order valence-corrected chi connectivity index (χ1v) is 9.09. The summed E-state index contributed by atoms with van der Waals surface area (Å²) in [5.74, 6) is 0.527. The Kier molecular flexibility index (Phi) is 5.78. The maximum atomic E-state index is 12.7. The number of alkyl halides is 3. The largest absolute Gasteiger partial charge is 0.508 e. The molecule has 0 saturated carbocycles. The molecule has 11 heteroatoms. The molecule has 0 aliphatic carbocycles. The number of nitrogens with zero attached hydrogens (tertiary/aromatic N) is 2. The molecule has 3 aromatic rings. The van der Waals surface area contributed by atoms with Crippen molar-refractivity contribution in [3.05, 3.63) is 36.5 Å². The summed E-state index contributed by atoms with van der Waals surface area (Å²) in [7, 11) is 4.30. The van der Waals surface area contributed by atoms with E-state index in [0.29, 0.717) is 28.3 Å². The van der Waals surface area contributed by atoms with Gasteiger partial charge in [0.1, 0.15) is 0 Å². The van der Waals surface area contributed by atoms with Gasteiger partial charge in [-0.15, -0.1) is 0 Å². The SMILES string of the molecule is COc1cc(-c2cc3ncccc3c(OS(=O)C(F)(F)F)n2)cc(OC)c1OC. The topological polar surface area (TPSA) is 79.8 Å². The van der Waals surface area contributed by atoms with Crippen LogP contribution in [0.25, 0.3) is 22.2 Å². The molecule has 1 aromatic carbocycles. The van der Waals surface area contributed by atoms with E-state index in [1.54, 1.807) is 18.2 Å². The van der Waals surface area contributed by atoms with E-state index < -0.39 is 22.5 Å². The fraction of sp³-hybridized carbons (Fsp3) is 0.222. The lowest BCUT2D eigenvalue weighted by molar-refractivity contribution is -0.0438. The molecule has 7 nitrogen and oxygen atoms in total. The average Bonchev–Trinajstić information content (AvgIpc) is 2.71. The highest BCUT2D eigenvalue weighted by Crippen LogP contribution is 2.41. The van der Waals surface area contributed by atoms with Gasteiger partial charge in [0.05, 0.1) is 37.9 Å². The minimum atomic E-state index is -5.06. The van der Waals surface area contributed by atoms with Crippen molar-refractivity contribution >= 4 is 22.0 Å². The van der Waals surface area contributed by atoms with E-state index in [4.69, 9.17) is 14.2 Å². The summed E-state index contributed by atoms with van der Waals surface area (Å²) in [5.41, 5.74) is -4.10. The van der Waals surface area contributed by atoms with Crippen molar-refractivity contribution in [1.29, 1.82) is 0 Å². The quantitative estimate of drug-likeness (QED) is 0.589. The van der Waals surface area contributed by atoms with Crippen molar-refractivity contribution in [2.75, 3.05) is 21.3 Å². The molecule has 0 N–H and O–H groups in total. The van der Waals surface area contributed by atoms with Crippen LogP contribution in [0.4, 0.5) is 13.2 Å². The summed E-state index contributed by atoms with van der Waals surface area (Å²) in [6.45, 7) is 0. The molecule has 2 heterocycles. The summed E-state index contributed by atoms with van der Waals surface area (Å²) >= 11 is -3.59. The summed E-state index contributed by atoms with van der Waals surface area (Å²) in [5, 5.41) is 0.182. The van der Waals surface area contributed by atoms with Gasteiger partial charge < -0.3 is 18.4 Å². The van der Waals surface area contributed by atoms with Crippen molar-refractivity contribution < 1.29 is 35.8 Å². The molecule has 0 aliphatic heterocycles. The third-order valence-electron chi connectivity index (χ3n) is 3.87. The zero-order valence-electron chi connectivity index (χ0n) is 15.4. The minimum Gasteiger partial charge on any atom is -0.493 e. The molecule has 2 aromatic heterocycles. The van der Waals surface area contributed by atoms with Gasteiger partial charge >= 0.3 is 16.6 Å². The lowest BCUT2D eigenvalue weighted by Crippen LogP contribution is -2.21. The van der Waals surface area contributed by atoms with Gasteiger partial charge in [0, 0.05) is 11.8 Å². The van der Waals surface area contributed by atoms with Crippen LogP contribution in [-0.4, -0.2) is 41.0 Å². The minimum absolute atomic E-state index is 0.182. The van der Waals surface area contributed by atoms with Gasteiger partial charge in [0.15, 0.2) is 11.5 Å². The van der Waals surface area contributed by atoms with Crippen LogP contribution in [0.3, 0.4) is 0 Å². The lowest BCUT2D eigenvalue weighted by atomic mass is 10.1. The first-order valence-electron chi connectivity index (χ1n) is 8.01. The zero-order valence-corrected chi connectivity index (χ0v) is 16.3. The first kappa shape index (κ1) is 20.6. The maximum Gasteiger partial charge on any atom is 0.508 e. The first-order chi connectivity index (χ1) is 13.8. The van der Waals surface area contributed by atoms with E-state index >= 15 is 0 Å². The number of aromatic nitrogens is 2. The molecule has 0 bridgehead atoms. The summed E-state index contributed by atoms with van der Waals surface area (Å²) < 4.78 is 70.1. The number of halogens is 3. The molecule has 154 valence electrons. The van der Waals surface area contributed by atoms with Crippen molar-refractivity contribution in [2.24, 2.45) is 0 Å². The fourth-order valence-electron chi connectivity index (χ4n) is 2.60. The Bertz CT molecular complexity index is 1050. The Morgan fingerprint density at radius 1 is 1.00 bits per heavy atom. The molecule has 1 unspecified atom stereocenters. The summed E-state index contributed by atoms with van der Waals surface area (Å²) in [4.78, 5) is 8.25. The standard InChI is InChI=1S/C18H15F3N2O5S/c1-25-14-7-10(8-15(26-2)16(14)27-3)12-9-13-11(5-4-6-22-13)17(23-12)28-29(24)18(19,20)21/h4-9H,1-3H3. The molecule has 29 heavy (non-hydrogen) atoms. The van der Waals surface area contributed by atoms with E-state index in [1.165, 1.54) is 39.7 Å². The van der Waals surface area contributed by atoms with Crippen LogP contribution in [-0.2, 0) is 11.1 Å². The molecular formula is C18H15F3N2O5S. The smallest absolute Gasteiger partial charge is 0.493 e. The molecule has 0 radical (unpaired) electrons. The predicted octanol–water partition coefficient (Wildman–Crippen LogP) is 3.88. The van der Waals surface area contributed by atoms with E-state index in [1.807, 2.05) is 0 Å². The van der Waals surface area contributed by atoms with Gasteiger partial charge in [-0.2, -0.15) is 13.2 Å². The highest BCUT2D eigenvalue weighted by atomic mass is 32.2. The van der Waals surface area contributed by atoms with Crippen LogP contribution in [0, 0.1) is 0 Å². The number of rotatable bonds is 6. The van der Waals surface area contributed by atoms with Crippen LogP contribution in [0.2, 0.25) is 0 Å². The number of pyridine rings is 2. The lowest BCUT2D eigenvalue weighted by Gasteiger charge is -2.15. The Morgan fingerprint density at radius 3 is 2.21 bits per heavy atom. The van der Waals surface area contributed by atoms with Crippen LogP contribution in [0.5, 0.6) is 23.1 Å². The van der Waals surface area contributed by atoms with Crippen molar-refractivity contribution in [3.63, 3.8) is 0 Å². The van der Waals surface area contributed by atoms with E-state index in [2.05, 4.69) is 14.2 Å². The number of fused-ring (bicyclic) bond motifs is 1. The van der Waals surface area contributed by atoms with Crippen LogP contribution in [0.15, 0.2) is 36.5 Å². The second kappa shape index (κ2) is 8.11. The van der Waals surface area contributed by atoms with Gasteiger partial charge in [-0.05, 0) is 30.3 Å². The molecule has 3 rings (SSSR count). The van der Waals surface area contributed by atoms with Crippen LogP contribution >= 0.6 is 0 Å². The molecule has 0 spiro atoms. The Hall–Kier alpha value is -3.08. The number of hydrogen-bond acceptors (Lipinski definition) is 7. The maximum absolute atomic E-state index is 12.7. The molecule has 1 atom stereocenters. The van der Waals surface area contributed by atoms with Crippen molar-refractivity contribution in [3.8, 4) is 34.4 Å². The van der Waals surface area contributed by atoms with Gasteiger partial charge in [-0.3, -0.25) is 4.98 Å². The van der Waals surface area contributed by atoms with E-state index in [-0.39, 0.29) is 11.1 Å². The van der Waals surface area contributed by atoms with Gasteiger partial charge in [0.2, 0.25) is 11.6 Å². The van der Waals surface area contributed by atoms with Gasteiger partial charge in [-0.25, -0.2) is 9.19 Å². The summed E-state index contributed by atoms with van der Waals surface area (Å²) in [6.07, 6.45) is 1.46. The third-order valence-corrected chi connectivity index (χ3v) is 4.56. The molecule has 0 aliphatic rings. The number of methoxy groups -OCH3 is 3. The molecule has 0 amide bonds. The van der Waals surface area contributed by atoms with E-state index in [0.717, 1.165) is 0 Å². The fourth-order valence-corrected chi connectivity index (χ4v) is 2.97. The Morgan fingerprint density at radius 2 is 1.66 bits per heavy atom. The van der Waals surface area contributed by atoms with Crippen molar-refractivity contribution in [2.45, 2.75) is 5.51 Å². The van der Waals surface area contributed by atoms with E-state index in [9.17, 15) is 17.4 Å². The molecular weight excluding hydrogens is 413 g/mol. The zero-order chi connectivity index (χ0) is 21.2. The highest BCUT2D eigenvalue weighted by molar-refractivity contribution is 7.81. The normalized spacial score (nSPS) is 12.5. The average molecular weight is 428 g/mol. The highest BCUT2D eigenvalue weighted by Gasteiger charge is 2.40. The van der Waals surface area contributed by atoms with Crippen molar-refractivity contribution in [1.82, 2.24) is 9.97 Å². The second-order valence-corrected chi connectivity index (χ2v) is 6.66. The third kappa shape index (κ3) is 4.19.